The Bertz CT molecular complexity index is 1350. The molecule has 0 saturated carbocycles. The minimum absolute atomic E-state index is 0.258. The smallest absolute Gasteiger partial charge is 0.186 e. The van der Waals surface area contributed by atoms with Crippen LogP contribution in [0.3, 0.4) is 0 Å². The second kappa shape index (κ2) is 25.7. The monoisotopic (exact) mass is 952 g/mol. The van der Waals surface area contributed by atoms with Gasteiger partial charge in [0, 0.05) is 32.0 Å². The minimum atomic E-state index is -1.75. The number of ether oxygens (including phenoxy) is 11. The quantitative estimate of drug-likeness (QED) is 0.0479. The molecular weight excluding hydrogens is 880 g/mol. The zero-order valence-electron chi connectivity index (χ0n) is 36.7. The first-order valence-electron chi connectivity index (χ1n) is 22.0. The fraction of sp³-hybridized carbons (Fsp3) is 1.00. The maximum Gasteiger partial charge on any atom is 0.186 e. The second-order valence-electron chi connectivity index (χ2n) is 17.3. The lowest BCUT2D eigenvalue weighted by atomic mass is 9.86. The van der Waals surface area contributed by atoms with Gasteiger partial charge in [-0.05, 0) is 6.42 Å². The molecule has 0 aromatic heterocycles. The molecule has 5 aliphatic rings. The Morgan fingerprint density at radius 3 is 1.08 bits per heavy atom. The topological polar surface area (TPSA) is 385 Å². The fourth-order valence-electron chi connectivity index (χ4n) is 9.27. The van der Waals surface area contributed by atoms with Crippen molar-refractivity contribution in [3.8, 4) is 0 Å². The van der Waals surface area contributed by atoms with Crippen LogP contribution in [-0.4, -0.2) is 293 Å². The van der Waals surface area contributed by atoms with Crippen molar-refractivity contribution in [3.63, 3.8) is 0 Å². The van der Waals surface area contributed by atoms with Gasteiger partial charge in [-0.2, -0.15) is 0 Å². The third kappa shape index (κ3) is 12.7. The van der Waals surface area contributed by atoms with Crippen LogP contribution >= 0.6 is 0 Å². The average molecular weight is 953 g/mol. The standard InChI is InChI=1S/C40H72O25/c1-4-19-31(48)28(45)16(20(5-41)61-19)9-57-12-25-32(49)29(46)18(11-59-14-27-34(51)36(53)39(56-3)23(8-44)63-27)24(64-25)15-60-40-37(54)30(47)17(21(6-42)65-40)10-58-13-26-33(50)35(52)38(55-2)22(7-43)62-26/h16-54H,4-15H2,1-3H3. The number of methoxy groups -OCH3 is 2. The lowest BCUT2D eigenvalue weighted by Crippen LogP contribution is -2.61. The van der Waals surface area contributed by atoms with E-state index < -0.39 is 185 Å². The maximum atomic E-state index is 11.5. The lowest BCUT2D eigenvalue weighted by molar-refractivity contribution is -0.310. The average Bonchev–Trinajstić information content (AvgIpc) is 3.30. The highest BCUT2D eigenvalue weighted by molar-refractivity contribution is 4.97. The summed E-state index contributed by atoms with van der Waals surface area (Å²) in [6, 6.07) is 0. The summed E-state index contributed by atoms with van der Waals surface area (Å²) in [4.78, 5) is 0. The maximum absolute atomic E-state index is 11.5. The highest BCUT2D eigenvalue weighted by Gasteiger charge is 2.51. The first-order chi connectivity index (χ1) is 31.1. The van der Waals surface area contributed by atoms with Crippen LogP contribution in [0, 0.1) is 17.8 Å². The Balaban J connectivity index is 1.23. The summed E-state index contributed by atoms with van der Waals surface area (Å²) in [7, 11) is 2.56. The van der Waals surface area contributed by atoms with E-state index in [-0.39, 0.29) is 39.6 Å². The predicted molar refractivity (Wildman–Crippen MR) is 212 cm³/mol. The predicted octanol–water partition coefficient (Wildman–Crippen LogP) is -8.29. The first kappa shape index (κ1) is 54.9. The molecule has 25 atom stereocenters. The molecular formula is C40H72O25. The van der Waals surface area contributed by atoms with E-state index in [4.69, 9.17) is 52.1 Å². The summed E-state index contributed by atoms with van der Waals surface area (Å²) >= 11 is 0. The Labute approximate surface area is 375 Å². The van der Waals surface area contributed by atoms with Gasteiger partial charge in [-0.15, -0.1) is 0 Å². The van der Waals surface area contributed by atoms with Crippen LogP contribution in [0.15, 0.2) is 0 Å². The molecule has 65 heavy (non-hydrogen) atoms. The van der Waals surface area contributed by atoms with Crippen molar-refractivity contribution in [1.29, 1.82) is 0 Å². The molecule has 382 valence electrons. The third-order valence-electron chi connectivity index (χ3n) is 13.3. The van der Waals surface area contributed by atoms with Crippen molar-refractivity contribution < 1.29 is 124 Å². The van der Waals surface area contributed by atoms with Crippen molar-refractivity contribution >= 4 is 0 Å². The SMILES string of the molecule is CCC1OC(CO)C(COCC2OC(COC3OC(CO)C(COCC4OC(CO)C(OC)C(O)C4O)C(O)C3O)C(COCC3OC(CO)C(OC)C(O)C3O)C(O)C2O)C(O)C1O. The van der Waals surface area contributed by atoms with E-state index in [2.05, 4.69) is 0 Å². The molecule has 5 heterocycles. The van der Waals surface area contributed by atoms with Gasteiger partial charge in [0.2, 0.25) is 0 Å². The van der Waals surface area contributed by atoms with E-state index in [9.17, 15) is 71.5 Å². The second-order valence-corrected chi connectivity index (χ2v) is 17.3. The highest BCUT2D eigenvalue weighted by atomic mass is 16.7. The molecule has 25 unspecified atom stereocenters. The van der Waals surface area contributed by atoms with Crippen molar-refractivity contribution in [2.45, 2.75) is 148 Å². The summed E-state index contributed by atoms with van der Waals surface area (Å²) in [5.74, 6) is -3.04. The van der Waals surface area contributed by atoms with Gasteiger partial charge >= 0.3 is 0 Å². The molecule has 0 aromatic rings. The molecule has 5 rings (SSSR count). The van der Waals surface area contributed by atoms with Gasteiger partial charge in [-0.1, -0.05) is 6.92 Å². The fourth-order valence-corrected chi connectivity index (χ4v) is 9.27. The van der Waals surface area contributed by atoms with Gasteiger partial charge in [-0.3, -0.25) is 0 Å². The van der Waals surface area contributed by atoms with Crippen molar-refractivity contribution in [3.05, 3.63) is 0 Å². The van der Waals surface area contributed by atoms with Crippen LogP contribution in [0.25, 0.3) is 0 Å². The highest BCUT2D eigenvalue weighted by Crippen LogP contribution is 2.33. The van der Waals surface area contributed by atoms with Crippen molar-refractivity contribution in [1.82, 2.24) is 0 Å². The zero-order valence-corrected chi connectivity index (χ0v) is 36.7. The summed E-state index contributed by atoms with van der Waals surface area (Å²) in [6.45, 7) is -3.02. The van der Waals surface area contributed by atoms with Crippen LogP contribution in [0.5, 0.6) is 0 Å². The number of rotatable bonds is 22. The molecule has 5 fully saturated rings. The molecule has 14 N–H and O–H groups in total. The van der Waals surface area contributed by atoms with Crippen LogP contribution in [0.4, 0.5) is 0 Å². The van der Waals surface area contributed by atoms with E-state index in [1.54, 1.807) is 6.92 Å². The van der Waals surface area contributed by atoms with E-state index in [0.29, 0.717) is 6.42 Å². The molecule has 25 nitrogen and oxygen atoms in total. The third-order valence-corrected chi connectivity index (χ3v) is 13.3. The Morgan fingerprint density at radius 1 is 0.338 bits per heavy atom. The van der Waals surface area contributed by atoms with Crippen molar-refractivity contribution in [2.75, 3.05) is 86.9 Å². The number of aliphatic hydroxyl groups is 14. The van der Waals surface area contributed by atoms with E-state index in [1.165, 1.54) is 14.2 Å². The van der Waals surface area contributed by atoms with Gasteiger partial charge in [0.15, 0.2) is 6.29 Å². The largest absolute Gasteiger partial charge is 0.394 e. The van der Waals surface area contributed by atoms with Crippen LogP contribution in [0.1, 0.15) is 13.3 Å². The molecule has 5 aliphatic heterocycles. The number of aliphatic hydroxyl groups excluding tert-OH is 14. The van der Waals surface area contributed by atoms with Gasteiger partial charge in [0.1, 0.15) is 85.5 Å². The van der Waals surface area contributed by atoms with Crippen molar-refractivity contribution in [2.24, 2.45) is 17.8 Å². The molecule has 5 saturated heterocycles. The Hall–Kier alpha value is -1.00. The van der Waals surface area contributed by atoms with Gasteiger partial charge in [0.25, 0.3) is 0 Å². The Morgan fingerprint density at radius 2 is 0.677 bits per heavy atom. The van der Waals surface area contributed by atoms with Crippen LogP contribution < -0.4 is 0 Å². The molecule has 0 bridgehead atoms. The molecule has 0 aliphatic carbocycles. The zero-order chi connectivity index (χ0) is 47.7. The normalized spacial score (nSPS) is 47.5. The summed E-state index contributed by atoms with van der Waals surface area (Å²) < 4.78 is 62.7. The minimum Gasteiger partial charge on any atom is -0.394 e. The molecule has 0 spiro atoms. The summed E-state index contributed by atoms with van der Waals surface area (Å²) in [5.41, 5.74) is 0. The Kier molecular flexibility index (Phi) is 21.8. The molecule has 0 aromatic carbocycles. The summed E-state index contributed by atoms with van der Waals surface area (Å²) in [6.07, 6.45) is -27.7. The molecule has 0 amide bonds. The van der Waals surface area contributed by atoms with Gasteiger partial charge in [0.05, 0.1) is 115 Å². The summed E-state index contributed by atoms with van der Waals surface area (Å²) in [5, 5.41) is 148. The number of hydrogen-bond acceptors (Lipinski definition) is 25. The van der Waals surface area contributed by atoms with E-state index >= 15 is 0 Å². The van der Waals surface area contributed by atoms with E-state index in [1.807, 2.05) is 0 Å². The molecule has 0 radical (unpaired) electrons. The van der Waals surface area contributed by atoms with Gasteiger partial charge < -0.3 is 124 Å². The van der Waals surface area contributed by atoms with Crippen LogP contribution in [0.2, 0.25) is 0 Å². The van der Waals surface area contributed by atoms with Crippen LogP contribution in [-0.2, 0) is 52.1 Å². The van der Waals surface area contributed by atoms with E-state index in [0.717, 1.165) is 0 Å². The van der Waals surface area contributed by atoms with Gasteiger partial charge in [-0.25, -0.2) is 0 Å². The lowest BCUT2D eigenvalue weighted by Gasteiger charge is -2.45. The number of hydrogen-bond donors (Lipinski definition) is 14. The molecule has 25 heteroatoms. The first-order valence-corrected chi connectivity index (χ1v) is 22.0.